The average Bonchev–Trinajstić information content (AvgIpc) is 3.81. The van der Waals surface area contributed by atoms with Crippen molar-refractivity contribution in [1.29, 1.82) is 0 Å². The van der Waals surface area contributed by atoms with Gasteiger partial charge in [-0.15, -0.1) is 0 Å². The van der Waals surface area contributed by atoms with Crippen LogP contribution in [0.5, 0.6) is 0 Å². The number of hydrogen-bond acceptors (Lipinski definition) is 3. The Hall–Kier alpha value is -7.11. The summed E-state index contributed by atoms with van der Waals surface area (Å²) in [6.45, 7) is 0. The van der Waals surface area contributed by atoms with E-state index in [4.69, 9.17) is 15.0 Å². The lowest BCUT2D eigenvalue weighted by molar-refractivity contribution is 1.07. The Morgan fingerprint density at radius 3 is 1.54 bits per heavy atom. The van der Waals surface area contributed by atoms with Crippen LogP contribution in [0.2, 0.25) is 0 Å². The number of aromatic nitrogens is 5. The van der Waals surface area contributed by atoms with E-state index in [9.17, 15) is 0 Å². The maximum atomic E-state index is 4.98. The summed E-state index contributed by atoms with van der Waals surface area (Å²) in [5.74, 6) is 1.94. The van der Waals surface area contributed by atoms with Gasteiger partial charge in [0.2, 0.25) is 0 Å². The smallest absolute Gasteiger partial charge is 0.164 e. The van der Waals surface area contributed by atoms with E-state index in [1.807, 2.05) is 60.7 Å². The van der Waals surface area contributed by atoms with Crippen LogP contribution in [0.3, 0.4) is 0 Å². The van der Waals surface area contributed by atoms with Gasteiger partial charge in [0.1, 0.15) is 0 Å². The molecule has 5 nitrogen and oxygen atoms in total. The molecule has 10 rings (SSSR count). The topological polar surface area (TPSA) is 48.5 Å². The summed E-state index contributed by atoms with van der Waals surface area (Å²) in [7, 11) is 0. The van der Waals surface area contributed by atoms with E-state index in [-0.39, 0.29) is 0 Å². The molecule has 7 aromatic carbocycles. The van der Waals surface area contributed by atoms with Crippen LogP contribution in [0, 0.1) is 0 Å². The van der Waals surface area contributed by atoms with Crippen LogP contribution in [0.25, 0.3) is 89.4 Å². The highest BCUT2D eigenvalue weighted by atomic mass is 15.0. The van der Waals surface area contributed by atoms with Crippen molar-refractivity contribution in [3.63, 3.8) is 0 Å². The molecule has 0 saturated carbocycles. The first-order valence-electron chi connectivity index (χ1n) is 17.5. The van der Waals surface area contributed by atoms with Gasteiger partial charge in [-0.3, -0.25) is 0 Å². The molecule has 0 bridgehead atoms. The molecule has 0 spiro atoms. The Bertz CT molecular complexity index is 2830. The second kappa shape index (κ2) is 12.3. The van der Waals surface area contributed by atoms with Crippen LogP contribution in [-0.2, 0) is 0 Å². The van der Waals surface area contributed by atoms with Crippen molar-refractivity contribution in [2.75, 3.05) is 0 Å². The first kappa shape index (κ1) is 29.8. The summed E-state index contributed by atoms with van der Waals surface area (Å²) in [6.07, 6.45) is 2.18. The summed E-state index contributed by atoms with van der Waals surface area (Å²) in [6, 6.07) is 63.5. The van der Waals surface area contributed by atoms with E-state index < -0.39 is 0 Å². The fourth-order valence-corrected chi connectivity index (χ4v) is 7.38. The Morgan fingerprint density at radius 1 is 0.327 bits per heavy atom. The van der Waals surface area contributed by atoms with Crippen molar-refractivity contribution >= 4 is 32.7 Å². The maximum absolute atomic E-state index is 4.98. The van der Waals surface area contributed by atoms with Crippen molar-refractivity contribution < 1.29 is 0 Å². The number of hydrogen-bond donors (Lipinski definition) is 0. The number of nitrogens with zero attached hydrogens (tertiary/aromatic N) is 5. The second-order valence-corrected chi connectivity index (χ2v) is 12.9. The molecule has 0 amide bonds. The van der Waals surface area contributed by atoms with Crippen molar-refractivity contribution in [1.82, 2.24) is 24.1 Å². The zero-order chi connectivity index (χ0) is 34.4. The lowest BCUT2D eigenvalue weighted by Crippen LogP contribution is -2.00. The largest absolute Gasteiger partial charge is 0.317 e. The fraction of sp³-hybridized carbons (Fsp3) is 0. The first-order valence-corrected chi connectivity index (χ1v) is 17.5. The molecule has 5 heteroatoms. The highest BCUT2D eigenvalue weighted by Gasteiger charge is 2.18. The fourth-order valence-electron chi connectivity index (χ4n) is 7.38. The van der Waals surface area contributed by atoms with Gasteiger partial charge in [-0.25, -0.2) is 15.0 Å². The van der Waals surface area contributed by atoms with Crippen LogP contribution >= 0.6 is 0 Å². The van der Waals surface area contributed by atoms with Crippen LogP contribution in [-0.4, -0.2) is 24.1 Å². The Kier molecular flexibility index (Phi) is 7.07. The van der Waals surface area contributed by atoms with Gasteiger partial charge in [-0.2, -0.15) is 0 Å². The summed E-state index contributed by atoms with van der Waals surface area (Å²) < 4.78 is 4.66. The third kappa shape index (κ3) is 5.07. The van der Waals surface area contributed by atoms with Gasteiger partial charge < -0.3 is 9.13 Å². The van der Waals surface area contributed by atoms with Crippen LogP contribution in [0.15, 0.2) is 188 Å². The Labute approximate surface area is 300 Å². The lowest BCUT2D eigenvalue weighted by Gasteiger charge is -2.12. The monoisotopic (exact) mass is 665 g/mol. The maximum Gasteiger partial charge on any atom is 0.164 e. The number of benzene rings is 7. The average molecular weight is 666 g/mol. The Morgan fingerprint density at radius 2 is 0.827 bits per heavy atom. The predicted molar refractivity (Wildman–Crippen MR) is 213 cm³/mol. The molecule has 52 heavy (non-hydrogen) atoms. The molecule has 0 N–H and O–H groups in total. The van der Waals surface area contributed by atoms with E-state index >= 15 is 0 Å². The van der Waals surface area contributed by atoms with Crippen molar-refractivity contribution in [3.8, 4) is 56.7 Å². The third-order valence-corrected chi connectivity index (χ3v) is 9.80. The predicted octanol–water partition coefficient (Wildman–Crippen LogP) is 11.6. The molecule has 0 radical (unpaired) electrons. The molecule has 0 unspecified atom stereocenters. The minimum atomic E-state index is 0.638. The van der Waals surface area contributed by atoms with Gasteiger partial charge >= 0.3 is 0 Å². The second-order valence-electron chi connectivity index (χ2n) is 12.9. The lowest BCUT2D eigenvalue weighted by atomic mass is 10.0. The van der Waals surface area contributed by atoms with E-state index in [1.54, 1.807) is 0 Å². The van der Waals surface area contributed by atoms with E-state index in [1.165, 1.54) is 32.7 Å². The molecule has 0 aliphatic heterocycles. The van der Waals surface area contributed by atoms with Crippen LogP contribution < -0.4 is 0 Å². The van der Waals surface area contributed by atoms with Gasteiger partial charge in [-0.05, 0) is 65.7 Å². The molecule has 3 aromatic heterocycles. The van der Waals surface area contributed by atoms with E-state index in [0.717, 1.165) is 39.2 Å². The summed E-state index contributed by atoms with van der Waals surface area (Å²) in [5, 5.41) is 3.73. The van der Waals surface area contributed by atoms with Crippen molar-refractivity contribution in [3.05, 3.63) is 188 Å². The summed E-state index contributed by atoms with van der Waals surface area (Å²) in [4.78, 5) is 14.8. The molecule has 0 fully saturated rings. The number of para-hydroxylation sites is 2. The molecule has 0 atom stereocenters. The third-order valence-electron chi connectivity index (χ3n) is 9.80. The van der Waals surface area contributed by atoms with Crippen LogP contribution in [0.4, 0.5) is 0 Å². The Balaban J connectivity index is 1.10. The normalized spacial score (nSPS) is 11.5. The number of rotatable bonds is 6. The SMILES string of the molecule is c1ccc(-c2nc(-c3ccccc3)nc(-c3cccc(-c4cccc(-n5c6ccccc6c6c7ccn(-c8ccccc8)c7ccc65)c4)c3)n2)cc1. The molecule has 244 valence electrons. The van der Waals surface area contributed by atoms with Gasteiger partial charge in [0, 0.05) is 50.4 Å². The first-order chi connectivity index (χ1) is 25.8. The summed E-state index contributed by atoms with van der Waals surface area (Å²) >= 11 is 0. The zero-order valence-electron chi connectivity index (χ0n) is 28.1. The molecule has 0 aliphatic carbocycles. The highest BCUT2D eigenvalue weighted by molar-refractivity contribution is 6.21. The molecule has 10 aromatic rings. The molecular weight excluding hydrogens is 635 g/mol. The minimum Gasteiger partial charge on any atom is -0.317 e. The standard InChI is InChI=1S/C47H31N5/c1-4-14-32(15-5-1)45-48-46(33-16-6-2-7-17-33)50-47(49-45)36-20-12-18-34(30-36)35-19-13-23-38(31-35)52-42-25-11-10-24-39(42)44-40-28-29-51(37-21-8-3-9-22-37)41(40)26-27-43(44)52/h1-31H. The molecular formula is C47H31N5. The van der Waals surface area contributed by atoms with Gasteiger partial charge in [0.25, 0.3) is 0 Å². The van der Waals surface area contributed by atoms with Gasteiger partial charge in [0.15, 0.2) is 17.5 Å². The summed E-state index contributed by atoms with van der Waals surface area (Å²) in [5.41, 5.74) is 10.8. The van der Waals surface area contributed by atoms with Crippen LogP contribution in [0.1, 0.15) is 0 Å². The minimum absolute atomic E-state index is 0.638. The van der Waals surface area contributed by atoms with E-state index in [2.05, 4.69) is 137 Å². The van der Waals surface area contributed by atoms with E-state index in [0.29, 0.717) is 17.5 Å². The quantitative estimate of drug-likeness (QED) is 0.178. The highest BCUT2D eigenvalue weighted by Crippen LogP contribution is 2.39. The zero-order valence-corrected chi connectivity index (χ0v) is 28.1. The molecule has 0 saturated heterocycles. The molecule has 3 heterocycles. The van der Waals surface area contributed by atoms with Gasteiger partial charge in [-0.1, -0.05) is 127 Å². The number of fused-ring (bicyclic) bond motifs is 5. The van der Waals surface area contributed by atoms with Crippen molar-refractivity contribution in [2.24, 2.45) is 0 Å². The molecule has 0 aliphatic rings. The van der Waals surface area contributed by atoms with Gasteiger partial charge in [0.05, 0.1) is 16.6 Å². The van der Waals surface area contributed by atoms with Crippen molar-refractivity contribution in [2.45, 2.75) is 0 Å².